The van der Waals surface area contributed by atoms with Crippen molar-refractivity contribution in [1.29, 1.82) is 0 Å². The number of benzene rings is 1. The molecule has 1 saturated heterocycles. The van der Waals surface area contributed by atoms with Gasteiger partial charge in [0, 0.05) is 25.2 Å². The maximum Gasteiger partial charge on any atom is 0.0622 e. The van der Waals surface area contributed by atoms with E-state index < -0.39 is 0 Å². The van der Waals surface area contributed by atoms with E-state index in [9.17, 15) is 0 Å². The molecule has 1 fully saturated rings. The summed E-state index contributed by atoms with van der Waals surface area (Å²) in [5.74, 6) is 0. The lowest BCUT2D eigenvalue weighted by atomic mass is 9.97. The largest absolute Gasteiger partial charge is 0.380 e. The minimum atomic E-state index is 0.289. The molecule has 18 heavy (non-hydrogen) atoms. The van der Waals surface area contributed by atoms with Gasteiger partial charge in [-0.2, -0.15) is 0 Å². The first-order valence-electron chi connectivity index (χ1n) is 6.70. The summed E-state index contributed by atoms with van der Waals surface area (Å²) in [4.78, 5) is 2.38. The minimum Gasteiger partial charge on any atom is -0.380 e. The summed E-state index contributed by atoms with van der Waals surface area (Å²) in [5.41, 5.74) is 9.98. The lowest BCUT2D eigenvalue weighted by molar-refractivity contribution is 0.134. The molecule has 0 spiro atoms. The Labute approximate surface area is 110 Å². The summed E-state index contributed by atoms with van der Waals surface area (Å²) in [6.45, 7) is 6.65. The molecule has 0 bridgehead atoms. The summed E-state index contributed by atoms with van der Waals surface area (Å²) in [5, 5.41) is 0. The molecule has 0 amide bonds. The number of nitrogens with two attached hydrogens (primary N) is 1. The van der Waals surface area contributed by atoms with Crippen molar-refractivity contribution in [3.8, 4) is 0 Å². The van der Waals surface area contributed by atoms with Gasteiger partial charge in [-0.3, -0.25) is 4.90 Å². The molecule has 0 saturated carbocycles. The average Bonchev–Trinajstić information content (AvgIpc) is 2.86. The van der Waals surface area contributed by atoms with Crippen molar-refractivity contribution < 1.29 is 4.74 Å². The summed E-state index contributed by atoms with van der Waals surface area (Å²) >= 11 is 0. The van der Waals surface area contributed by atoms with Crippen LogP contribution < -0.4 is 5.73 Å². The van der Waals surface area contributed by atoms with Gasteiger partial charge >= 0.3 is 0 Å². The van der Waals surface area contributed by atoms with Gasteiger partial charge in [-0.05, 0) is 38.4 Å². The zero-order valence-corrected chi connectivity index (χ0v) is 11.6. The van der Waals surface area contributed by atoms with Crippen LogP contribution in [0.2, 0.25) is 0 Å². The van der Waals surface area contributed by atoms with E-state index in [1.54, 1.807) is 0 Å². The number of hydrogen-bond donors (Lipinski definition) is 1. The summed E-state index contributed by atoms with van der Waals surface area (Å²) in [7, 11) is 2.16. The first kappa shape index (κ1) is 13.5. The Balaban J connectivity index is 2.21. The maximum atomic E-state index is 6.00. The van der Waals surface area contributed by atoms with Crippen molar-refractivity contribution in [1.82, 2.24) is 4.90 Å². The zero-order valence-electron chi connectivity index (χ0n) is 11.6. The molecular formula is C15H24N2O. The lowest BCUT2D eigenvalue weighted by Crippen LogP contribution is -2.39. The van der Waals surface area contributed by atoms with E-state index in [1.807, 2.05) is 0 Å². The molecule has 2 unspecified atom stereocenters. The number of ether oxygens (including phenoxy) is 1. The molecule has 100 valence electrons. The SMILES string of the molecule is Cc1ccc(C(CN)N(C)C2CCOC2)c(C)c1. The molecule has 2 N–H and O–H groups in total. The second-order valence-electron chi connectivity index (χ2n) is 5.29. The Morgan fingerprint density at radius 1 is 1.44 bits per heavy atom. The molecule has 3 nitrogen and oxygen atoms in total. The zero-order chi connectivity index (χ0) is 13.1. The maximum absolute atomic E-state index is 6.00. The fourth-order valence-corrected chi connectivity index (χ4v) is 2.81. The van der Waals surface area contributed by atoms with E-state index in [0.717, 1.165) is 19.6 Å². The highest BCUT2D eigenvalue weighted by Crippen LogP contribution is 2.26. The molecule has 1 aliphatic rings. The topological polar surface area (TPSA) is 38.5 Å². The third-order valence-corrected chi connectivity index (χ3v) is 3.98. The molecule has 1 heterocycles. The molecule has 1 aromatic carbocycles. The van der Waals surface area contributed by atoms with Crippen LogP contribution in [0.1, 0.15) is 29.2 Å². The van der Waals surface area contributed by atoms with Gasteiger partial charge < -0.3 is 10.5 Å². The van der Waals surface area contributed by atoms with Crippen LogP contribution in [0, 0.1) is 13.8 Å². The molecule has 1 aliphatic heterocycles. The van der Waals surface area contributed by atoms with Crippen molar-refractivity contribution in [2.24, 2.45) is 5.73 Å². The first-order chi connectivity index (χ1) is 8.63. The Bertz CT molecular complexity index is 399. The summed E-state index contributed by atoms with van der Waals surface area (Å²) in [6, 6.07) is 7.41. The Morgan fingerprint density at radius 3 is 2.78 bits per heavy atom. The number of nitrogens with zero attached hydrogens (tertiary/aromatic N) is 1. The average molecular weight is 248 g/mol. The quantitative estimate of drug-likeness (QED) is 0.886. The number of hydrogen-bond acceptors (Lipinski definition) is 3. The molecular weight excluding hydrogens is 224 g/mol. The third kappa shape index (κ3) is 2.74. The standard InChI is InChI=1S/C15H24N2O/c1-11-4-5-14(12(2)8-11)15(9-16)17(3)13-6-7-18-10-13/h4-5,8,13,15H,6-7,9-10,16H2,1-3H3. The highest BCUT2D eigenvalue weighted by molar-refractivity contribution is 5.33. The van der Waals surface area contributed by atoms with E-state index in [1.165, 1.54) is 16.7 Å². The van der Waals surface area contributed by atoms with Crippen LogP contribution in [-0.4, -0.2) is 37.7 Å². The van der Waals surface area contributed by atoms with Crippen LogP contribution in [0.4, 0.5) is 0 Å². The van der Waals surface area contributed by atoms with Gasteiger partial charge in [0.15, 0.2) is 0 Å². The summed E-state index contributed by atoms with van der Waals surface area (Å²) < 4.78 is 5.48. The Hall–Kier alpha value is -0.900. The van der Waals surface area contributed by atoms with Gasteiger partial charge in [0.1, 0.15) is 0 Å². The van der Waals surface area contributed by atoms with Crippen LogP contribution in [0.3, 0.4) is 0 Å². The van der Waals surface area contributed by atoms with Crippen molar-refractivity contribution >= 4 is 0 Å². The number of rotatable bonds is 4. The van der Waals surface area contributed by atoms with Crippen molar-refractivity contribution in [2.45, 2.75) is 32.4 Å². The molecule has 1 aromatic rings. The fraction of sp³-hybridized carbons (Fsp3) is 0.600. The molecule has 2 atom stereocenters. The van der Waals surface area contributed by atoms with Gasteiger partial charge in [-0.1, -0.05) is 23.8 Å². The van der Waals surface area contributed by atoms with E-state index in [-0.39, 0.29) is 6.04 Å². The van der Waals surface area contributed by atoms with Gasteiger partial charge in [0.25, 0.3) is 0 Å². The van der Waals surface area contributed by atoms with Gasteiger partial charge in [0.2, 0.25) is 0 Å². The first-order valence-corrected chi connectivity index (χ1v) is 6.70. The lowest BCUT2D eigenvalue weighted by Gasteiger charge is -2.32. The van der Waals surface area contributed by atoms with Gasteiger partial charge in [-0.25, -0.2) is 0 Å². The van der Waals surface area contributed by atoms with E-state index in [4.69, 9.17) is 10.5 Å². The molecule has 0 aromatic heterocycles. The predicted molar refractivity (Wildman–Crippen MR) is 74.7 cm³/mol. The highest BCUT2D eigenvalue weighted by Gasteiger charge is 2.27. The molecule has 2 rings (SSSR count). The minimum absolute atomic E-state index is 0.289. The third-order valence-electron chi connectivity index (χ3n) is 3.98. The second kappa shape index (κ2) is 5.83. The smallest absolute Gasteiger partial charge is 0.0622 e. The van der Waals surface area contributed by atoms with Crippen LogP contribution in [0.15, 0.2) is 18.2 Å². The highest BCUT2D eigenvalue weighted by atomic mass is 16.5. The van der Waals surface area contributed by atoms with E-state index >= 15 is 0 Å². The normalized spacial score (nSPS) is 21.5. The second-order valence-corrected chi connectivity index (χ2v) is 5.29. The van der Waals surface area contributed by atoms with Gasteiger partial charge in [0.05, 0.1) is 6.61 Å². The molecule has 3 heteroatoms. The Morgan fingerprint density at radius 2 is 2.22 bits per heavy atom. The van der Waals surface area contributed by atoms with Crippen LogP contribution in [-0.2, 0) is 4.74 Å². The van der Waals surface area contributed by atoms with Crippen molar-refractivity contribution in [3.63, 3.8) is 0 Å². The van der Waals surface area contributed by atoms with Crippen LogP contribution in [0.25, 0.3) is 0 Å². The van der Waals surface area contributed by atoms with Crippen LogP contribution in [0.5, 0.6) is 0 Å². The number of likely N-dealkylation sites (N-methyl/N-ethyl adjacent to an activating group) is 1. The van der Waals surface area contributed by atoms with Crippen LogP contribution >= 0.6 is 0 Å². The molecule has 0 aliphatic carbocycles. The Kier molecular flexibility index (Phi) is 4.38. The van der Waals surface area contributed by atoms with Crippen molar-refractivity contribution in [3.05, 3.63) is 34.9 Å². The van der Waals surface area contributed by atoms with Crippen molar-refractivity contribution in [2.75, 3.05) is 26.8 Å². The fourth-order valence-electron chi connectivity index (χ4n) is 2.81. The van der Waals surface area contributed by atoms with E-state index in [2.05, 4.69) is 44.0 Å². The van der Waals surface area contributed by atoms with Gasteiger partial charge in [-0.15, -0.1) is 0 Å². The molecule has 0 radical (unpaired) electrons. The monoisotopic (exact) mass is 248 g/mol. The number of aryl methyl sites for hydroxylation is 2. The summed E-state index contributed by atoms with van der Waals surface area (Å²) in [6.07, 6.45) is 1.11. The van der Waals surface area contributed by atoms with E-state index in [0.29, 0.717) is 12.6 Å². The predicted octanol–water partition coefficient (Wildman–Crippen LogP) is 2.02.